The van der Waals surface area contributed by atoms with Crippen molar-refractivity contribution >= 4 is 24.3 Å². The van der Waals surface area contributed by atoms with Gasteiger partial charge in [-0.1, -0.05) is 46.8 Å². The summed E-state index contributed by atoms with van der Waals surface area (Å²) in [7, 11) is -0.544. The number of carbonyl (C=O) groups is 1. The van der Waals surface area contributed by atoms with Crippen molar-refractivity contribution < 1.29 is 46.4 Å². The lowest BCUT2D eigenvalue weighted by atomic mass is 9.76. The van der Waals surface area contributed by atoms with E-state index in [4.69, 9.17) is 33.1 Å². The first kappa shape index (κ1) is 40.9. The number of methoxy groups -OCH3 is 3. The molecule has 11 nitrogen and oxygen atoms in total. The molecule has 0 aromatic heterocycles. The van der Waals surface area contributed by atoms with E-state index in [1.807, 2.05) is 50.2 Å². The number of hydrogen-bond acceptors (Lipinski definition) is 10. The van der Waals surface area contributed by atoms with Crippen LogP contribution in [0.3, 0.4) is 0 Å². The van der Waals surface area contributed by atoms with E-state index in [0.717, 1.165) is 5.56 Å². The van der Waals surface area contributed by atoms with Gasteiger partial charge in [0.1, 0.15) is 16.7 Å². The van der Waals surface area contributed by atoms with Gasteiger partial charge in [0.05, 0.1) is 39.5 Å². The van der Waals surface area contributed by atoms with E-state index in [0.29, 0.717) is 41.2 Å². The fraction of sp³-hybridized carbons (Fsp3) is 0.639. The zero-order valence-electron chi connectivity index (χ0n) is 31.6. The van der Waals surface area contributed by atoms with E-state index in [9.17, 15) is 13.2 Å². The highest BCUT2D eigenvalue weighted by molar-refractivity contribution is 7.90. The van der Waals surface area contributed by atoms with Gasteiger partial charge >= 0.3 is 5.97 Å². The van der Waals surface area contributed by atoms with Crippen LogP contribution in [0.2, 0.25) is 18.1 Å². The summed E-state index contributed by atoms with van der Waals surface area (Å²) in [6.07, 6.45) is -0.491. The zero-order valence-corrected chi connectivity index (χ0v) is 33.4. The number of sulfonamides is 1. The Morgan fingerprint density at radius 2 is 1.57 bits per heavy atom. The molecule has 2 atom stereocenters. The molecule has 2 aromatic rings. The molecule has 276 valence electrons. The summed E-state index contributed by atoms with van der Waals surface area (Å²) in [4.78, 5) is 23.8. The first-order valence-corrected chi connectivity index (χ1v) is 20.9. The van der Waals surface area contributed by atoms with Crippen LogP contribution in [-0.4, -0.2) is 80.6 Å². The number of carbonyl (C=O) groups excluding carboxylic acids is 1. The van der Waals surface area contributed by atoms with Crippen LogP contribution in [-0.2, 0) is 55.9 Å². The van der Waals surface area contributed by atoms with Crippen LogP contribution >= 0.6 is 0 Å². The molecule has 1 fully saturated rings. The molecular formula is C36H57NO10SSi. The van der Waals surface area contributed by atoms with Crippen molar-refractivity contribution in [1.82, 2.24) is 4.31 Å². The van der Waals surface area contributed by atoms with Crippen LogP contribution in [0, 0.1) is 0 Å². The van der Waals surface area contributed by atoms with Crippen molar-refractivity contribution in [3.8, 4) is 11.5 Å². The van der Waals surface area contributed by atoms with Crippen molar-refractivity contribution in [2.45, 2.75) is 102 Å². The molecule has 1 heterocycles. The second-order valence-corrected chi connectivity index (χ2v) is 22.2. The number of hydrogen-bond donors (Lipinski definition) is 0. The number of benzene rings is 2. The minimum atomic E-state index is -3.85. The molecule has 0 aliphatic carbocycles. The quantitative estimate of drug-likeness (QED) is 0.0612. The van der Waals surface area contributed by atoms with Gasteiger partial charge in [0.25, 0.3) is 0 Å². The number of esters is 1. The van der Waals surface area contributed by atoms with E-state index >= 15 is 0 Å². The van der Waals surface area contributed by atoms with Crippen LogP contribution in [0.25, 0.3) is 0 Å². The minimum Gasteiger partial charge on any atom is -0.497 e. The van der Waals surface area contributed by atoms with Gasteiger partial charge in [-0.15, -0.1) is 0 Å². The monoisotopic (exact) mass is 723 g/mol. The third kappa shape index (κ3) is 9.05. The summed E-state index contributed by atoms with van der Waals surface area (Å²) in [5.74, 6) is 0.643. The smallest absolute Gasteiger partial charge is 0.315 e. The SMILES string of the molecule is COCOc1c(C(C)(C)COOC)cc([C@H](O[Si](C)(C)C(C)(C)C)[C@@H]2CCN(Cc3ccc(OC)cc3)S2(=O)=O)cc1C(C)(C)C(=O)OC. The van der Waals surface area contributed by atoms with Gasteiger partial charge in [-0.2, -0.15) is 4.31 Å². The first-order valence-electron chi connectivity index (χ1n) is 16.5. The van der Waals surface area contributed by atoms with Gasteiger partial charge < -0.3 is 23.4 Å². The summed E-state index contributed by atoms with van der Waals surface area (Å²) in [6.45, 7) is 18.7. The summed E-state index contributed by atoms with van der Waals surface area (Å²) < 4.78 is 59.8. The molecule has 1 aliphatic rings. The molecule has 0 spiro atoms. The minimum absolute atomic E-state index is 0.0843. The fourth-order valence-electron chi connectivity index (χ4n) is 5.71. The maximum Gasteiger partial charge on any atom is 0.315 e. The molecule has 13 heteroatoms. The molecular weight excluding hydrogens is 667 g/mol. The van der Waals surface area contributed by atoms with Crippen LogP contribution in [0.15, 0.2) is 36.4 Å². The maximum atomic E-state index is 14.5. The molecule has 0 N–H and O–H groups in total. The Labute approximate surface area is 294 Å². The van der Waals surface area contributed by atoms with Crippen molar-refractivity contribution in [3.05, 3.63) is 58.7 Å². The Morgan fingerprint density at radius 3 is 2.10 bits per heavy atom. The van der Waals surface area contributed by atoms with Crippen LogP contribution < -0.4 is 9.47 Å². The third-order valence-corrected chi connectivity index (χ3v) is 16.6. The summed E-state index contributed by atoms with van der Waals surface area (Å²) in [5.41, 5.74) is 0.755. The normalized spacial score (nSPS) is 17.9. The van der Waals surface area contributed by atoms with Gasteiger partial charge in [0.2, 0.25) is 10.0 Å². The van der Waals surface area contributed by atoms with Crippen molar-refractivity contribution in [2.75, 3.05) is 48.4 Å². The summed E-state index contributed by atoms with van der Waals surface area (Å²) in [6, 6.07) is 11.2. The number of rotatable bonds is 16. The molecule has 0 radical (unpaired) electrons. The topological polar surface area (TPSA) is 119 Å². The molecule has 1 saturated heterocycles. The van der Waals surface area contributed by atoms with Crippen LogP contribution in [0.5, 0.6) is 11.5 Å². The summed E-state index contributed by atoms with van der Waals surface area (Å²) in [5, 5.41) is -1.11. The van der Waals surface area contributed by atoms with Crippen LogP contribution in [0.1, 0.15) is 83.2 Å². The molecule has 1 aliphatic heterocycles. The second kappa shape index (κ2) is 15.8. The highest BCUT2D eigenvalue weighted by Crippen LogP contribution is 2.48. The highest BCUT2D eigenvalue weighted by Gasteiger charge is 2.49. The molecule has 3 rings (SSSR count). The Bertz CT molecular complexity index is 1530. The molecule has 0 saturated carbocycles. The van der Waals surface area contributed by atoms with Crippen molar-refractivity contribution in [2.24, 2.45) is 0 Å². The third-order valence-electron chi connectivity index (χ3n) is 9.89. The van der Waals surface area contributed by atoms with E-state index in [1.165, 1.54) is 25.6 Å². The Kier molecular flexibility index (Phi) is 13.2. The molecule has 2 aromatic carbocycles. The van der Waals surface area contributed by atoms with Gasteiger partial charge in [-0.25, -0.2) is 18.2 Å². The Morgan fingerprint density at radius 1 is 0.959 bits per heavy atom. The van der Waals surface area contributed by atoms with Crippen LogP contribution in [0.4, 0.5) is 0 Å². The predicted octanol–water partition coefficient (Wildman–Crippen LogP) is 6.65. The van der Waals surface area contributed by atoms with E-state index in [-0.39, 0.29) is 25.0 Å². The first-order chi connectivity index (χ1) is 22.7. The van der Waals surface area contributed by atoms with Gasteiger partial charge in [-0.3, -0.25) is 4.79 Å². The predicted molar refractivity (Wildman–Crippen MR) is 192 cm³/mol. The average Bonchev–Trinajstić information content (AvgIpc) is 3.33. The molecule has 49 heavy (non-hydrogen) atoms. The van der Waals surface area contributed by atoms with E-state index in [2.05, 4.69) is 33.9 Å². The molecule has 0 bridgehead atoms. The maximum absolute atomic E-state index is 14.5. The van der Waals surface area contributed by atoms with Crippen molar-refractivity contribution in [3.63, 3.8) is 0 Å². The fourth-order valence-corrected chi connectivity index (χ4v) is 9.10. The lowest BCUT2D eigenvalue weighted by molar-refractivity contribution is -0.281. The Hall–Kier alpha value is -2.52. The molecule has 0 unspecified atom stereocenters. The lowest BCUT2D eigenvalue weighted by Gasteiger charge is -2.41. The van der Waals surface area contributed by atoms with Gasteiger partial charge in [-0.05, 0) is 73.8 Å². The second-order valence-electron chi connectivity index (χ2n) is 15.3. The standard InChI is InChI=1S/C36H57NO10SSi/c1-34(2,3)49(12,13)47-31(30-18-19-37(48(30,39)40)22-25-14-16-27(42-9)17-15-25)26-20-28(35(4,5)23-46-44-11)32(45-24-41-8)29(21-26)36(6,7)33(38)43-10/h14-17,20-21,30-31H,18-19,22-24H2,1-13H3/t30-,31-/m0/s1. The van der Waals surface area contributed by atoms with Gasteiger partial charge in [0, 0.05) is 36.7 Å². The summed E-state index contributed by atoms with van der Waals surface area (Å²) >= 11 is 0. The average molecular weight is 724 g/mol. The Balaban J connectivity index is 2.32. The molecule has 0 amide bonds. The van der Waals surface area contributed by atoms with E-state index < -0.39 is 46.5 Å². The van der Waals surface area contributed by atoms with E-state index in [1.54, 1.807) is 21.0 Å². The highest BCUT2D eigenvalue weighted by atomic mass is 32.2. The van der Waals surface area contributed by atoms with Crippen molar-refractivity contribution in [1.29, 1.82) is 0 Å². The number of ether oxygens (including phenoxy) is 4. The lowest BCUT2D eigenvalue weighted by Crippen LogP contribution is -2.45. The largest absolute Gasteiger partial charge is 0.497 e. The number of nitrogens with zero attached hydrogens (tertiary/aromatic N) is 1. The zero-order chi connectivity index (χ0) is 37.0. The van der Waals surface area contributed by atoms with Gasteiger partial charge in [0.15, 0.2) is 15.1 Å².